The molecule has 0 rings (SSSR count). The Balaban J connectivity index is 4.25. The lowest BCUT2D eigenvalue weighted by Gasteiger charge is -2.37. The molecule has 2 N–H and O–H groups in total. The normalized spacial score (nSPS) is 16.0. The molecule has 0 unspecified atom stereocenters. The minimum Gasteiger partial charge on any atom is -0.453 e. The smallest absolute Gasteiger partial charge is 0.407 e. The van der Waals surface area contributed by atoms with Gasteiger partial charge < -0.3 is 19.6 Å². The lowest BCUT2D eigenvalue weighted by Crippen LogP contribution is -2.47. The molecule has 0 saturated carbocycles. The molecule has 0 aromatic heterocycles. The molecular formula is C12H27NO4Si. The second-order valence-corrected chi connectivity index (χ2v) is 10.9. The van der Waals surface area contributed by atoms with Gasteiger partial charge >= 0.3 is 6.09 Å². The number of hydrogen-bond acceptors (Lipinski definition) is 4. The fourth-order valence-corrected chi connectivity index (χ4v) is 2.02. The summed E-state index contributed by atoms with van der Waals surface area (Å²) in [7, 11) is -0.574. The molecule has 1 amide bonds. The van der Waals surface area contributed by atoms with Gasteiger partial charge in [-0.25, -0.2) is 4.79 Å². The van der Waals surface area contributed by atoms with Crippen molar-refractivity contribution in [3.8, 4) is 0 Å². The number of carbonyl (C=O) groups excluding carboxylic acids is 1. The number of alkyl carbamates (subject to hydrolysis) is 1. The topological polar surface area (TPSA) is 67.8 Å². The quantitative estimate of drug-likeness (QED) is 0.755. The van der Waals surface area contributed by atoms with E-state index in [0.717, 1.165) is 0 Å². The molecule has 0 bridgehead atoms. The van der Waals surface area contributed by atoms with Gasteiger partial charge in [-0.05, 0) is 25.1 Å². The van der Waals surface area contributed by atoms with Crippen LogP contribution in [0, 0.1) is 0 Å². The third kappa shape index (κ3) is 5.37. The largest absolute Gasteiger partial charge is 0.453 e. The van der Waals surface area contributed by atoms with Crippen molar-refractivity contribution in [2.45, 2.75) is 58.0 Å². The number of aliphatic hydroxyl groups excluding tert-OH is 1. The van der Waals surface area contributed by atoms with Gasteiger partial charge in [-0.2, -0.15) is 0 Å². The number of methoxy groups -OCH3 is 1. The van der Waals surface area contributed by atoms with E-state index in [1.54, 1.807) is 6.92 Å². The zero-order valence-electron chi connectivity index (χ0n) is 12.5. The molecule has 0 fully saturated rings. The molecule has 0 spiro atoms. The van der Waals surface area contributed by atoms with E-state index in [1.165, 1.54) is 7.11 Å². The van der Waals surface area contributed by atoms with Crippen LogP contribution in [0.2, 0.25) is 18.1 Å². The minimum atomic E-state index is -1.87. The summed E-state index contributed by atoms with van der Waals surface area (Å²) in [6.07, 6.45) is -1.29. The Kier molecular flexibility index (Phi) is 6.32. The highest BCUT2D eigenvalue weighted by Crippen LogP contribution is 2.36. The zero-order valence-corrected chi connectivity index (χ0v) is 13.5. The number of hydrogen-bond donors (Lipinski definition) is 2. The fourth-order valence-electron chi connectivity index (χ4n) is 0.996. The summed E-state index contributed by atoms with van der Waals surface area (Å²) in [5.74, 6) is 0. The van der Waals surface area contributed by atoms with E-state index in [0.29, 0.717) is 0 Å². The molecule has 0 aliphatic carbocycles. The van der Waals surface area contributed by atoms with E-state index in [1.807, 2.05) is 0 Å². The van der Waals surface area contributed by atoms with Crippen molar-refractivity contribution >= 4 is 14.4 Å². The van der Waals surface area contributed by atoms with Crippen molar-refractivity contribution in [1.29, 1.82) is 0 Å². The Morgan fingerprint density at radius 2 is 1.89 bits per heavy atom. The van der Waals surface area contributed by atoms with Crippen LogP contribution in [0.1, 0.15) is 27.7 Å². The highest BCUT2D eigenvalue weighted by atomic mass is 28.4. The SMILES string of the molecule is COC(=O)N[C@H](C)[C@H](O)CO[Si](C)(C)C(C)(C)C. The maximum absolute atomic E-state index is 11.0. The summed E-state index contributed by atoms with van der Waals surface area (Å²) < 4.78 is 10.4. The number of nitrogens with one attached hydrogen (secondary N) is 1. The Morgan fingerprint density at radius 1 is 1.39 bits per heavy atom. The molecule has 5 nitrogen and oxygen atoms in total. The summed E-state index contributed by atoms with van der Waals surface area (Å²) in [6.45, 7) is 12.6. The van der Waals surface area contributed by atoms with E-state index in [9.17, 15) is 9.90 Å². The van der Waals surface area contributed by atoms with Crippen LogP contribution in [-0.2, 0) is 9.16 Å². The van der Waals surface area contributed by atoms with Crippen LogP contribution in [0.25, 0.3) is 0 Å². The number of carbonyl (C=O) groups is 1. The molecule has 0 saturated heterocycles. The molecule has 108 valence electrons. The highest BCUT2D eigenvalue weighted by molar-refractivity contribution is 6.74. The molecule has 0 aliphatic rings. The molecule has 0 aromatic rings. The Labute approximate surface area is 111 Å². The second-order valence-electron chi connectivity index (χ2n) is 6.06. The maximum atomic E-state index is 11.0. The number of aliphatic hydroxyl groups is 1. The van der Waals surface area contributed by atoms with Gasteiger partial charge in [-0.1, -0.05) is 20.8 Å². The van der Waals surface area contributed by atoms with Gasteiger partial charge in [0.1, 0.15) is 0 Å². The third-order valence-corrected chi connectivity index (χ3v) is 8.03. The molecule has 0 aliphatic heterocycles. The van der Waals surface area contributed by atoms with E-state index in [2.05, 4.69) is 43.9 Å². The van der Waals surface area contributed by atoms with Gasteiger partial charge in [-0.15, -0.1) is 0 Å². The summed E-state index contributed by atoms with van der Waals surface area (Å²) in [4.78, 5) is 11.0. The van der Waals surface area contributed by atoms with E-state index in [-0.39, 0.29) is 11.6 Å². The van der Waals surface area contributed by atoms with Crippen molar-refractivity contribution in [1.82, 2.24) is 5.32 Å². The summed E-state index contributed by atoms with van der Waals surface area (Å²) >= 11 is 0. The zero-order chi connectivity index (χ0) is 14.6. The lowest BCUT2D eigenvalue weighted by atomic mass is 10.2. The van der Waals surface area contributed by atoms with Gasteiger partial charge in [0.2, 0.25) is 0 Å². The minimum absolute atomic E-state index is 0.103. The van der Waals surface area contributed by atoms with Crippen molar-refractivity contribution in [2.24, 2.45) is 0 Å². The fraction of sp³-hybridized carbons (Fsp3) is 0.917. The highest BCUT2D eigenvalue weighted by Gasteiger charge is 2.37. The average molecular weight is 277 g/mol. The van der Waals surface area contributed by atoms with Crippen molar-refractivity contribution in [3.05, 3.63) is 0 Å². The van der Waals surface area contributed by atoms with Crippen LogP contribution in [0.5, 0.6) is 0 Å². The van der Waals surface area contributed by atoms with E-state index < -0.39 is 26.6 Å². The van der Waals surface area contributed by atoms with Gasteiger partial charge in [0, 0.05) is 0 Å². The first-order chi connectivity index (χ1) is 8.01. The van der Waals surface area contributed by atoms with Gasteiger partial charge in [0.15, 0.2) is 8.32 Å². The van der Waals surface area contributed by atoms with E-state index >= 15 is 0 Å². The Morgan fingerprint density at radius 3 is 2.28 bits per heavy atom. The monoisotopic (exact) mass is 277 g/mol. The molecule has 2 atom stereocenters. The first-order valence-electron chi connectivity index (χ1n) is 6.18. The van der Waals surface area contributed by atoms with Crippen LogP contribution in [0.3, 0.4) is 0 Å². The molecule has 18 heavy (non-hydrogen) atoms. The van der Waals surface area contributed by atoms with Gasteiger partial charge in [0.25, 0.3) is 0 Å². The van der Waals surface area contributed by atoms with Gasteiger partial charge in [-0.3, -0.25) is 0 Å². The number of ether oxygens (including phenoxy) is 1. The number of rotatable bonds is 5. The number of amides is 1. The third-order valence-electron chi connectivity index (χ3n) is 3.53. The maximum Gasteiger partial charge on any atom is 0.407 e. The van der Waals surface area contributed by atoms with Crippen LogP contribution in [0.15, 0.2) is 0 Å². The summed E-state index contributed by atoms with van der Waals surface area (Å²) in [5.41, 5.74) is 0. The summed E-state index contributed by atoms with van der Waals surface area (Å²) in [5, 5.41) is 12.5. The van der Waals surface area contributed by atoms with Crippen molar-refractivity contribution in [3.63, 3.8) is 0 Å². The predicted molar refractivity (Wildman–Crippen MR) is 74.2 cm³/mol. The molecule has 0 heterocycles. The average Bonchev–Trinajstić information content (AvgIpc) is 2.23. The Hall–Kier alpha value is -0.593. The first kappa shape index (κ1) is 17.4. The second kappa shape index (κ2) is 6.54. The van der Waals surface area contributed by atoms with Crippen molar-refractivity contribution in [2.75, 3.05) is 13.7 Å². The lowest BCUT2D eigenvalue weighted by molar-refractivity contribution is 0.0698. The van der Waals surface area contributed by atoms with Crippen LogP contribution >= 0.6 is 0 Å². The van der Waals surface area contributed by atoms with Crippen LogP contribution in [0.4, 0.5) is 4.79 Å². The molecular weight excluding hydrogens is 250 g/mol. The van der Waals surface area contributed by atoms with Crippen molar-refractivity contribution < 1.29 is 19.1 Å². The first-order valence-corrected chi connectivity index (χ1v) is 9.08. The van der Waals surface area contributed by atoms with Crippen LogP contribution < -0.4 is 5.32 Å². The van der Waals surface area contributed by atoms with E-state index in [4.69, 9.17) is 4.43 Å². The van der Waals surface area contributed by atoms with Crippen LogP contribution in [-0.4, -0.2) is 45.4 Å². The standard InChI is InChI=1S/C12H27NO4Si/c1-9(13-11(15)16-5)10(14)8-17-18(6,7)12(2,3)4/h9-10,14H,8H2,1-7H3,(H,13,15)/t9-,10-/m1/s1. The molecule has 6 heteroatoms. The predicted octanol–water partition coefficient (Wildman–Crippen LogP) is 2.11. The Bertz CT molecular complexity index is 276. The molecule has 0 radical (unpaired) electrons. The molecule has 0 aromatic carbocycles. The summed E-state index contributed by atoms with van der Waals surface area (Å²) in [6, 6.07) is -0.401. The van der Waals surface area contributed by atoms with Gasteiger partial charge in [0.05, 0.1) is 25.9 Å².